The third-order valence-corrected chi connectivity index (χ3v) is 6.65. The number of ether oxygens (including phenoxy) is 2. The van der Waals surface area contributed by atoms with Gasteiger partial charge in [-0.25, -0.2) is 4.98 Å². The zero-order valence-electron chi connectivity index (χ0n) is 19.0. The largest absolute Gasteiger partial charge is 0.490 e. The van der Waals surface area contributed by atoms with Crippen LogP contribution in [0, 0.1) is 6.92 Å². The number of para-hydroxylation sites is 1. The zero-order valence-corrected chi connectivity index (χ0v) is 20.6. The number of carbonyl (C=O) groups is 1. The Hall–Kier alpha value is -3.37. The van der Waals surface area contributed by atoms with Crippen LogP contribution in [-0.4, -0.2) is 38.0 Å². The number of aryl methyl sites for hydroxylation is 1. The Bertz CT molecular complexity index is 1270. The number of thioether (sulfide) groups is 1. The molecule has 2 aromatic heterocycles. The normalized spacial score (nSPS) is 10.9. The molecular formula is C24H25N5O3S2. The maximum absolute atomic E-state index is 12.5. The molecule has 0 unspecified atom stereocenters. The molecule has 8 nitrogen and oxygen atoms in total. The van der Waals surface area contributed by atoms with Gasteiger partial charge in [-0.05, 0) is 43.7 Å². The summed E-state index contributed by atoms with van der Waals surface area (Å²) in [6, 6.07) is 13.6. The minimum Gasteiger partial charge on any atom is -0.490 e. The number of anilines is 1. The van der Waals surface area contributed by atoms with Crippen LogP contribution < -0.4 is 14.8 Å². The molecule has 0 aliphatic rings. The number of nitrogens with one attached hydrogen (secondary N) is 1. The molecule has 0 aliphatic heterocycles. The Kier molecular flexibility index (Phi) is 7.81. The van der Waals surface area contributed by atoms with Gasteiger partial charge in [0, 0.05) is 6.54 Å². The first-order valence-electron chi connectivity index (χ1n) is 10.7. The number of aromatic nitrogens is 4. The number of amides is 1. The van der Waals surface area contributed by atoms with Crippen LogP contribution in [0.5, 0.6) is 11.5 Å². The molecule has 0 bridgehead atoms. The predicted molar refractivity (Wildman–Crippen MR) is 136 cm³/mol. The smallest absolute Gasteiger partial charge is 0.236 e. The molecule has 2 heterocycles. The van der Waals surface area contributed by atoms with E-state index in [9.17, 15) is 4.79 Å². The molecule has 1 N–H and O–H groups in total. The number of carbonyl (C=O) groups excluding carboxylic acids is 1. The van der Waals surface area contributed by atoms with Crippen LogP contribution in [0.2, 0.25) is 0 Å². The molecule has 4 aromatic rings. The van der Waals surface area contributed by atoms with Crippen molar-refractivity contribution in [3.8, 4) is 11.5 Å². The number of nitrogens with zero attached hydrogens (tertiary/aromatic N) is 4. The van der Waals surface area contributed by atoms with Crippen molar-refractivity contribution in [1.82, 2.24) is 19.7 Å². The number of allylic oxidation sites excluding steroid dienone is 1. The monoisotopic (exact) mass is 495 g/mol. The van der Waals surface area contributed by atoms with Crippen molar-refractivity contribution in [2.45, 2.75) is 32.2 Å². The molecule has 176 valence electrons. The molecule has 1 amide bonds. The van der Waals surface area contributed by atoms with Gasteiger partial charge in [0.05, 0.1) is 22.6 Å². The highest BCUT2D eigenvalue weighted by Gasteiger charge is 2.16. The fourth-order valence-electron chi connectivity index (χ4n) is 3.20. The van der Waals surface area contributed by atoms with Crippen molar-refractivity contribution in [3.63, 3.8) is 0 Å². The summed E-state index contributed by atoms with van der Waals surface area (Å²) < 4.78 is 14.6. The topological polar surface area (TPSA) is 91.2 Å². The standard InChI is InChI=1S/C24H25N5O3S2/c1-4-12-29-21(14-32-18-11-10-16(3)13-19(18)31-5-2)27-28-24(29)33-15-22(30)26-23-25-17-8-6-7-9-20(17)34-23/h4,6-11,13H,1,5,12,14-15H2,2-3H3,(H,25,26,30). The lowest BCUT2D eigenvalue weighted by Crippen LogP contribution is -2.14. The van der Waals surface area contributed by atoms with Gasteiger partial charge >= 0.3 is 0 Å². The van der Waals surface area contributed by atoms with E-state index in [1.54, 1.807) is 6.08 Å². The Morgan fingerprint density at radius 2 is 2.06 bits per heavy atom. The van der Waals surface area contributed by atoms with E-state index in [0.717, 1.165) is 15.8 Å². The third kappa shape index (κ3) is 5.75. The number of benzene rings is 2. The summed E-state index contributed by atoms with van der Waals surface area (Å²) in [7, 11) is 0. The Balaban J connectivity index is 1.39. The number of rotatable bonds is 11. The van der Waals surface area contributed by atoms with E-state index in [2.05, 4.69) is 27.1 Å². The average Bonchev–Trinajstić information content (AvgIpc) is 3.41. The second-order valence-electron chi connectivity index (χ2n) is 7.29. The lowest BCUT2D eigenvalue weighted by molar-refractivity contribution is -0.113. The average molecular weight is 496 g/mol. The van der Waals surface area contributed by atoms with Gasteiger partial charge in [0.15, 0.2) is 27.6 Å². The molecule has 0 spiro atoms. The van der Waals surface area contributed by atoms with Crippen molar-refractivity contribution in [1.29, 1.82) is 0 Å². The van der Waals surface area contributed by atoms with Crippen molar-refractivity contribution in [3.05, 3.63) is 66.5 Å². The van der Waals surface area contributed by atoms with E-state index in [1.165, 1.54) is 23.1 Å². The zero-order chi connectivity index (χ0) is 23.9. The summed E-state index contributed by atoms with van der Waals surface area (Å²) in [5, 5.41) is 12.6. The van der Waals surface area contributed by atoms with Gasteiger partial charge in [-0.15, -0.1) is 16.8 Å². The highest BCUT2D eigenvalue weighted by Crippen LogP contribution is 2.29. The molecule has 0 atom stereocenters. The van der Waals surface area contributed by atoms with E-state index >= 15 is 0 Å². The molecule has 10 heteroatoms. The first-order valence-corrected chi connectivity index (χ1v) is 12.5. The quantitative estimate of drug-likeness (QED) is 0.229. The van der Waals surface area contributed by atoms with Crippen molar-refractivity contribution in [2.75, 3.05) is 17.7 Å². The van der Waals surface area contributed by atoms with Gasteiger partial charge in [0.2, 0.25) is 5.91 Å². The number of hydrogen-bond donors (Lipinski definition) is 1. The van der Waals surface area contributed by atoms with Crippen LogP contribution in [0.1, 0.15) is 18.3 Å². The van der Waals surface area contributed by atoms with Gasteiger partial charge in [-0.3, -0.25) is 9.36 Å². The molecular weight excluding hydrogens is 470 g/mol. The maximum atomic E-state index is 12.5. The van der Waals surface area contributed by atoms with Crippen LogP contribution in [0.25, 0.3) is 10.2 Å². The van der Waals surface area contributed by atoms with Crippen LogP contribution in [-0.2, 0) is 17.9 Å². The number of thiazole rings is 1. The highest BCUT2D eigenvalue weighted by molar-refractivity contribution is 7.99. The summed E-state index contributed by atoms with van der Waals surface area (Å²) in [6.07, 6.45) is 1.76. The summed E-state index contributed by atoms with van der Waals surface area (Å²) in [5.41, 5.74) is 1.96. The first-order chi connectivity index (χ1) is 16.6. The summed E-state index contributed by atoms with van der Waals surface area (Å²) in [5.74, 6) is 2.00. The second-order valence-corrected chi connectivity index (χ2v) is 9.27. The number of hydrogen-bond acceptors (Lipinski definition) is 8. The van der Waals surface area contributed by atoms with E-state index < -0.39 is 0 Å². The lowest BCUT2D eigenvalue weighted by atomic mass is 10.2. The fourth-order valence-corrected chi connectivity index (χ4v) is 4.85. The Labute approximate surface area is 206 Å². The molecule has 0 aliphatic carbocycles. The van der Waals surface area contributed by atoms with Crippen LogP contribution in [0.3, 0.4) is 0 Å². The van der Waals surface area contributed by atoms with Crippen LogP contribution >= 0.6 is 23.1 Å². The van der Waals surface area contributed by atoms with Gasteiger partial charge in [0.1, 0.15) is 6.61 Å². The molecule has 2 aromatic carbocycles. The lowest BCUT2D eigenvalue weighted by Gasteiger charge is -2.13. The van der Waals surface area contributed by atoms with E-state index in [0.29, 0.717) is 40.8 Å². The van der Waals surface area contributed by atoms with Crippen molar-refractivity contribution < 1.29 is 14.3 Å². The predicted octanol–water partition coefficient (Wildman–Crippen LogP) is 5.09. The van der Waals surface area contributed by atoms with Crippen molar-refractivity contribution in [2.24, 2.45) is 0 Å². The molecule has 0 saturated carbocycles. The first kappa shape index (κ1) is 23.8. The van der Waals surface area contributed by atoms with Crippen molar-refractivity contribution >= 4 is 44.4 Å². The molecule has 0 saturated heterocycles. The second kappa shape index (κ2) is 11.2. The molecule has 4 rings (SSSR count). The highest BCUT2D eigenvalue weighted by atomic mass is 32.2. The minimum atomic E-state index is -0.156. The molecule has 34 heavy (non-hydrogen) atoms. The Morgan fingerprint density at radius 1 is 1.21 bits per heavy atom. The molecule has 0 radical (unpaired) electrons. The maximum Gasteiger partial charge on any atom is 0.236 e. The number of fused-ring (bicyclic) bond motifs is 1. The summed E-state index contributed by atoms with van der Waals surface area (Å²) >= 11 is 2.75. The summed E-state index contributed by atoms with van der Waals surface area (Å²) in [6.45, 7) is 9.02. The fraction of sp³-hybridized carbons (Fsp3) is 0.250. The minimum absolute atomic E-state index is 0.156. The SMILES string of the molecule is C=CCn1c(COc2ccc(C)cc2OCC)nnc1SCC(=O)Nc1nc2ccccc2s1. The van der Waals surface area contributed by atoms with Gasteiger partial charge < -0.3 is 14.8 Å². The van der Waals surface area contributed by atoms with E-state index in [1.807, 2.05) is 60.9 Å². The third-order valence-electron chi connectivity index (χ3n) is 4.73. The van der Waals surface area contributed by atoms with Crippen LogP contribution in [0.4, 0.5) is 5.13 Å². The summed E-state index contributed by atoms with van der Waals surface area (Å²) in [4.78, 5) is 16.9. The van der Waals surface area contributed by atoms with E-state index in [4.69, 9.17) is 9.47 Å². The van der Waals surface area contributed by atoms with Crippen LogP contribution in [0.15, 0.2) is 60.3 Å². The van der Waals surface area contributed by atoms with Gasteiger partial charge in [-0.1, -0.05) is 47.4 Å². The molecule has 0 fully saturated rings. The Morgan fingerprint density at radius 3 is 2.85 bits per heavy atom. The van der Waals surface area contributed by atoms with Gasteiger partial charge in [-0.2, -0.15) is 0 Å². The van der Waals surface area contributed by atoms with Gasteiger partial charge in [0.25, 0.3) is 0 Å². The van der Waals surface area contributed by atoms with E-state index in [-0.39, 0.29) is 18.3 Å².